The van der Waals surface area contributed by atoms with Gasteiger partial charge in [-0.2, -0.15) is 0 Å². The molecule has 3 aromatic rings. The summed E-state index contributed by atoms with van der Waals surface area (Å²) in [6.07, 6.45) is 0. The zero-order valence-electron chi connectivity index (χ0n) is 12.3. The third-order valence-electron chi connectivity index (χ3n) is 3.88. The fourth-order valence-corrected chi connectivity index (χ4v) is 2.83. The molecule has 0 aliphatic carbocycles. The van der Waals surface area contributed by atoms with Gasteiger partial charge in [0.25, 0.3) is 0 Å². The number of hydrogen-bond donors (Lipinski definition) is 1. The van der Waals surface area contributed by atoms with Crippen LogP contribution in [0.15, 0.2) is 46.9 Å². The molecule has 0 aliphatic heterocycles. The second kappa shape index (κ2) is 4.90. The van der Waals surface area contributed by atoms with E-state index in [1.807, 2.05) is 50.2 Å². The standard InChI is InChI=1S/C18H17ClO2/c1-11-4-5-12(2)15(8-11)18(3,20)17-10-13-9-14(19)6-7-16(13)21-17/h4-10,20H,1-3H3. The molecule has 0 amide bonds. The van der Waals surface area contributed by atoms with E-state index >= 15 is 0 Å². The second-order valence-corrected chi connectivity index (χ2v) is 6.12. The largest absolute Gasteiger partial charge is 0.458 e. The summed E-state index contributed by atoms with van der Waals surface area (Å²) in [5.41, 5.74) is 2.54. The fourth-order valence-electron chi connectivity index (χ4n) is 2.65. The first-order valence-electron chi connectivity index (χ1n) is 6.87. The molecule has 0 bridgehead atoms. The van der Waals surface area contributed by atoms with Crippen molar-refractivity contribution >= 4 is 22.6 Å². The van der Waals surface area contributed by atoms with Gasteiger partial charge >= 0.3 is 0 Å². The van der Waals surface area contributed by atoms with Crippen LogP contribution in [0.2, 0.25) is 5.02 Å². The quantitative estimate of drug-likeness (QED) is 0.725. The van der Waals surface area contributed by atoms with Crippen molar-refractivity contribution in [3.8, 4) is 0 Å². The van der Waals surface area contributed by atoms with Crippen LogP contribution in [-0.4, -0.2) is 5.11 Å². The summed E-state index contributed by atoms with van der Waals surface area (Å²) < 4.78 is 5.83. The monoisotopic (exact) mass is 300 g/mol. The number of halogens is 1. The van der Waals surface area contributed by atoms with Gasteiger partial charge in [-0.1, -0.05) is 35.4 Å². The molecule has 1 heterocycles. The molecule has 1 N–H and O–H groups in total. The smallest absolute Gasteiger partial charge is 0.144 e. The summed E-state index contributed by atoms with van der Waals surface area (Å²) in [4.78, 5) is 0. The van der Waals surface area contributed by atoms with Crippen LogP contribution >= 0.6 is 11.6 Å². The molecule has 1 atom stereocenters. The van der Waals surface area contributed by atoms with E-state index in [-0.39, 0.29) is 0 Å². The van der Waals surface area contributed by atoms with Crippen LogP contribution < -0.4 is 0 Å². The molecule has 1 unspecified atom stereocenters. The summed E-state index contributed by atoms with van der Waals surface area (Å²) in [5.74, 6) is 0.522. The van der Waals surface area contributed by atoms with Crippen LogP contribution in [0.25, 0.3) is 11.0 Å². The number of rotatable bonds is 2. The molecule has 0 fully saturated rings. The van der Waals surface area contributed by atoms with Crippen molar-refractivity contribution in [3.63, 3.8) is 0 Å². The lowest BCUT2D eigenvalue weighted by molar-refractivity contribution is 0.0779. The Labute approximate surface area is 129 Å². The van der Waals surface area contributed by atoms with Gasteiger partial charge in [0.1, 0.15) is 16.9 Å². The topological polar surface area (TPSA) is 33.4 Å². The number of hydrogen-bond acceptors (Lipinski definition) is 2. The molecule has 2 aromatic carbocycles. The minimum atomic E-state index is -1.18. The number of furan rings is 1. The number of aryl methyl sites for hydroxylation is 2. The highest BCUT2D eigenvalue weighted by atomic mass is 35.5. The van der Waals surface area contributed by atoms with Gasteiger partial charge in [0, 0.05) is 10.4 Å². The van der Waals surface area contributed by atoms with E-state index in [0.29, 0.717) is 10.8 Å². The molecule has 0 spiro atoms. The van der Waals surface area contributed by atoms with Crippen LogP contribution in [0.3, 0.4) is 0 Å². The van der Waals surface area contributed by atoms with Crippen molar-refractivity contribution in [2.75, 3.05) is 0 Å². The van der Waals surface area contributed by atoms with Crippen molar-refractivity contribution in [2.45, 2.75) is 26.4 Å². The van der Waals surface area contributed by atoms with Crippen molar-refractivity contribution in [1.82, 2.24) is 0 Å². The Bertz CT molecular complexity index is 815. The third kappa shape index (κ3) is 2.45. The SMILES string of the molecule is Cc1ccc(C)c(C(C)(O)c2cc3cc(Cl)ccc3o2)c1. The Hall–Kier alpha value is -1.77. The van der Waals surface area contributed by atoms with Crippen LogP contribution in [0.1, 0.15) is 29.4 Å². The zero-order chi connectivity index (χ0) is 15.2. The average Bonchev–Trinajstić information content (AvgIpc) is 2.85. The Kier molecular flexibility index (Phi) is 3.31. The van der Waals surface area contributed by atoms with Gasteiger partial charge in [0.15, 0.2) is 0 Å². The maximum absolute atomic E-state index is 11.0. The Morgan fingerprint density at radius 1 is 1.05 bits per heavy atom. The molecule has 0 radical (unpaired) electrons. The summed E-state index contributed by atoms with van der Waals surface area (Å²) in [5, 5.41) is 12.6. The summed E-state index contributed by atoms with van der Waals surface area (Å²) >= 11 is 6.00. The predicted octanol–water partition coefficient (Wildman–Crippen LogP) is 4.96. The van der Waals surface area contributed by atoms with Crippen LogP contribution in [0.4, 0.5) is 0 Å². The van der Waals surface area contributed by atoms with Gasteiger partial charge < -0.3 is 9.52 Å². The summed E-state index contributed by atoms with van der Waals surface area (Å²) in [6, 6.07) is 13.3. The normalized spacial score (nSPS) is 14.3. The van der Waals surface area contributed by atoms with E-state index in [9.17, 15) is 5.11 Å². The van der Waals surface area contributed by atoms with Crippen molar-refractivity contribution in [1.29, 1.82) is 0 Å². The first-order chi connectivity index (χ1) is 9.88. The summed E-state index contributed by atoms with van der Waals surface area (Å²) in [6.45, 7) is 5.76. The van der Waals surface area contributed by atoms with Gasteiger partial charge in [-0.25, -0.2) is 0 Å². The molecule has 108 valence electrons. The second-order valence-electron chi connectivity index (χ2n) is 5.68. The van der Waals surface area contributed by atoms with Gasteiger partial charge in [-0.05, 0) is 56.2 Å². The molecule has 3 rings (SSSR count). The first-order valence-corrected chi connectivity index (χ1v) is 7.25. The Morgan fingerprint density at radius 3 is 2.57 bits per heavy atom. The fraction of sp³-hybridized carbons (Fsp3) is 0.222. The molecule has 3 heteroatoms. The predicted molar refractivity (Wildman–Crippen MR) is 85.8 cm³/mol. The van der Waals surface area contributed by atoms with E-state index in [1.54, 1.807) is 13.0 Å². The van der Waals surface area contributed by atoms with E-state index in [0.717, 1.165) is 27.7 Å². The highest BCUT2D eigenvalue weighted by Crippen LogP contribution is 2.35. The molecule has 2 nitrogen and oxygen atoms in total. The van der Waals surface area contributed by atoms with E-state index in [4.69, 9.17) is 16.0 Å². The van der Waals surface area contributed by atoms with Crippen LogP contribution in [0.5, 0.6) is 0 Å². The highest BCUT2D eigenvalue weighted by Gasteiger charge is 2.31. The van der Waals surface area contributed by atoms with Gasteiger partial charge in [-0.3, -0.25) is 0 Å². The minimum absolute atomic E-state index is 0.522. The molecule has 0 saturated carbocycles. The first kappa shape index (κ1) is 14.2. The van der Waals surface area contributed by atoms with Crippen molar-refractivity contribution in [3.05, 3.63) is 69.9 Å². The third-order valence-corrected chi connectivity index (χ3v) is 4.11. The molecule has 0 aliphatic rings. The number of fused-ring (bicyclic) bond motifs is 1. The maximum atomic E-state index is 11.0. The van der Waals surface area contributed by atoms with Gasteiger partial charge in [0.05, 0.1) is 0 Å². The molecule has 21 heavy (non-hydrogen) atoms. The molecular formula is C18H17ClO2. The van der Waals surface area contributed by atoms with Crippen LogP contribution in [-0.2, 0) is 5.60 Å². The maximum Gasteiger partial charge on any atom is 0.144 e. The summed E-state index contributed by atoms with van der Waals surface area (Å²) in [7, 11) is 0. The zero-order valence-corrected chi connectivity index (χ0v) is 13.0. The number of aliphatic hydroxyl groups is 1. The highest BCUT2D eigenvalue weighted by molar-refractivity contribution is 6.31. The minimum Gasteiger partial charge on any atom is -0.458 e. The van der Waals surface area contributed by atoms with E-state index in [2.05, 4.69) is 0 Å². The van der Waals surface area contributed by atoms with E-state index < -0.39 is 5.60 Å². The Balaban J connectivity index is 2.17. The van der Waals surface area contributed by atoms with E-state index in [1.165, 1.54) is 0 Å². The van der Waals surface area contributed by atoms with Gasteiger partial charge in [0.2, 0.25) is 0 Å². The molecule has 0 saturated heterocycles. The molecular weight excluding hydrogens is 284 g/mol. The Morgan fingerprint density at radius 2 is 1.81 bits per heavy atom. The average molecular weight is 301 g/mol. The van der Waals surface area contributed by atoms with Crippen LogP contribution in [0, 0.1) is 13.8 Å². The van der Waals surface area contributed by atoms with Crippen molar-refractivity contribution in [2.24, 2.45) is 0 Å². The lowest BCUT2D eigenvalue weighted by Gasteiger charge is -2.23. The molecule has 1 aromatic heterocycles. The van der Waals surface area contributed by atoms with Crippen molar-refractivity contribution < 1.29 is 9.52 Å². The lowest BCUT2D eigenvalue weighted by Crippen LogP contribution is -2.23. The lowest BCUT2D eigenvalue weighted by atomic mass is 9.88. The number of benzene rings is 2. The van der Waals surface area contributed by atoms with Gasteiger partial charge in [-0.15, -0.1) is 0 Å².